The van der Waals surface area contributed by atoms with Gasteiger partial charge in [-0.3, -0.25) is 4.79 Å². The van der Waals surface area contributed by atoms with E-state index in [1.807, 2.05) is 66.9 Å². The summed E-state index contributed by atoms with van der Waals surface area (Å²) in [4.78, 5) is 14.8. The molecule has 1 unspecified atom stereocenters. The van der Waals surface area contributed by atoms with Crippen LogP contribution in [0.2, 0.25) is 0 Å². The zero-order valence-corrected chi connectivity index (χ0v) is 17.3. The molecule has 0 aliphatic heterocycles. The van der Waals surface area contributed by atoms with Gasteiger partial charge in [0, 0.05) is 12.2 Å². The van der Waals surface area contributed by atoms with E-state index in [0.29, 0.717) is 18.2 Å². The summed E-state index contributed by atoms with van der Waals surface area (Å²) in [6, 6.07) is 21.7. The molecule has 29 heavy (non-hydrogen) atoms. The standard InChI is InChI=1S/C22H23N5OS/c1-17(21(28)26(15-9-14-23)20-12-7-4-8-13-20)29-22-25-24-18(2)27(22)16-19-10-5-3-6-11-19/h3-8,10-13,17H,9,15-16H2,1-2H3. The Morgan fingerprint density at radius 2 is 1.79 bits per heavy atom. The topological polar surface area (TPSA) is 74.8 Å². The Balaban J connectivity index is 1.77. The second-order valence-corrected chi connectivity index (χ2v) is 7.90. The number of carbonyl (C=O) groups is 1. The Morgan fingerprint density at radius 3 is 2.45 bits per heavy atom. The highest BCUT2D eigenvalue weighted by atomic mass is 32.2. The first-order chi connectivity index (χ1) is 14.1. The van der Waals surface area contributed by atoms with Crippen LogP contribution in [-0.4, -0.2) is 32.5 Å². The van der Waals surface area contributed by atoms with Crippen molar-refractivity contribution in [2.45, 2.75) is 37.2 Å². The van der Waals surface area contributed by atoms with E-state index >= 15 is 0 Å². The van der Waals surface area contributed by atoms with Crippen LogP contribution in [0.15, 0.2) is 65.8 Å². The minimum Gasteiger partial charge on any atom is -0.310 e. The predicted octanol–water partition coefficient (Wildman–Crippen LogP) is 4.06. The van der Waals surface area contributed by atoms with Crippen LogP contribution in [0.4, 0.5) is 5.69 Å². The molecule has 0 bridgehead atoms. The summed E-state index contributed by atoms with van der Waals surface area (Å²) in [6.07, 6.45) is 0.279. The number of aromatic nitrogens is 3. The average molecular weight is 406 g/mol. The van der Waals surface area contributed by atoms with Gasteiger partial charge in [0.15, 0.2) is 5.16 Å². The van der Waals surface area contributed by atoms with Crippen molar-refractivity contribution in [2.24, 2.45) is 0 Å². The van der Waals surface area contributed by atoms with Gasteiger partial charge >= 0.3 is 0 Å². The molecule has 0 N–H and O–H groups in total. The van der Waals surface area contributed by atoms with Crippen molar-refractivity contribution >= 4 is 23.4 Å². The van der Waals surface area contributed by atoms with Gasteiger partial charge in [-0.15, -0.1) is 10.2 Å². The van der Waals surface area contributed by atoms with Crippen LogP contribution >= 0.6 is 11.8 Å². The summed E-state index contributed by atoms with van der Waals surface area (Å²) in [7, 11) is 0. The highest BCUT2D eigenvalue weighted by molar-refractivity contribution is 8.00. The third kappa shape index (κ3) is 5.24. The fraction of sp³-hybridized carbons (Fsp3) is 0.273. The van der Waals surface area contributed by atoms with Gasteiger partial charge in [-0.25, -0.2) is 0 Å². The number of amides is 1. The molecule has 1 aromatic heterocycles. The molecule has 3 aromatic rings. The first-order valence-corrected chi connectivity index (χ1v) is 10.3. The number of hydrogen-bond acceptors (Lipinski definition) is 5. The van der Waals surface area contributed by atoms with Gasteiger partial charge in [-0.2, -0.15) is 5.26 Å². The Kier molecular flexibility index (Phi) is 7.04. The predicted molar refractivity (Wildman–Crippen MR) is 115 cm³/mol. The quantitative estimate of drug-likeness (QED) is 0.528. The van der Waals surface area contributed by atoms with E-state index in [4.69, 9.17) is 5.26 Å². The maximum atomic E-state index is 13.2. The maximum Gasteiger partial charge on any atom is 0.240 e. The SMILES string of the molecule is Cc1nnc(SC(C)C(=O)N(CCC#N)c2ccccc2)n1Cc1ccccc1. The van der Waals surface area contributed by atoms with E-state index in [1.54, 1.807) is 4.90 Å². The molecule has 1 atom stereocenters. The Bertz CT molecular complexity index is 981. The van der Waals surface area contributed by atoms with Gasteiger partial charge in [0.25, 0.3) is 0 Å². The third-order valence-electron chi connectivity index (χ3n) is 4.50. The lowest BCUT2D eigenvalue weighted by Gasteiger charge is -2.24. The lowest BCUT2D eigenvalue weighted by Crippen LogP contribution is -2.37. The Morgan fingerprint density at radius 1 is 1.14 bits per heavy atom. The highest BCUT2D eigenvalue weighted by Gasteiger charge is 2.25. The minimum absolute atomic E-state index is 0.0524. The molecule has 3 rings (SSSR count). The van der Waals surface area contributed by atoms with Crippen molar-refractivity contribution in [3.05, 3.63) is 72.1 Å². The van der Waals surface area contributed by atoms with Gasteiger partial charge in [-0.1, -0.05) is 60.3 Å². The first-order valence-electron chi connectivity index (χ1n) is 9.44. The number of thioether (sulfide) groups is 1. The molecule has 2 aromatic carbocycles. The number of hydrogen-bond donors (Lipinski definition) is 0. The number of aryl methyl sites for hydroxylation is 1. The highest BCUT2D eigenvalue weighted by Crippen LogP contribution is 2.26. The fourth-order valence-electron chi connectivity index (χ4n) is 2.96. The Hall–Kier alpha value is -3.11. The summed E-state index contributed by atoms with van der Waals surface area (Å²) in [5, 5.41) is 17.8. The van der Waals surface area contributed by atoms with Crippen molar-refractivity contribution in [1.29, 1.82) is 5.26 Å². The number of nitriles is 1. The summed E-state index contributed by atoms with van der Waals surface area (Å²) < 4.78 is 2.02. The van der Waals surface area contributed by atoms with Crippen molar-refractivity contribution in [3.63, 3.8) is 0 Å². The normalized spacial score (nSPS) is 11.6. The van der Waals surface area contributed by atoms with Crippen LogP contribution in [0, 0.1) is 18.3 Å². The van der Waals surface area contributed by atoms with Gasteiger partial charge in [0.2, 0.25) is 5.91 Å². The van der Waals surface area contributed by atoms with E-state index in [-0.39, 0.29) is 17.6 Å². The smallest absolute Gasteiger partial charge is 0.240 e. The first kappa shape index (κ1) is 20.6. The van der Waals surface area contributed by atoms with Crippen LogP contribution in [0.1, 0.15) is 24.7 Å². The van der Waals surface area contributed by atoms with E-state index in [0.717, 1.165) is 17.1 Å². The van der Waals surface area contributed by atoms with E-state index in [1.165, 1.54) is 11.8 Å². The largest absolute Gasteiger partial charge is 0.310 e. The minimum atomic E-state index is -0.368. The van der Waals surface area contributed by atoms with Gasteiger partial charge < -0.3 is 9.47 Å². The van der Waals surface area contributed by atoms with Crippen molar-refractivity contribution < 1.29 is 4.79 Å². The lowest BCUT2D eigenvalue weighted by molar-refractivity contribution is -0.117. The molecule has 0 saturated carbocycles. The van der Waals surface area contributed by atoms with Crippen LogP contribution in [0.5, 0.6) is 0 Å². The fourth-order valence-corrected chi connectivity index (χ4v) is 3.92. The molecule has 148 valence electrons. The maximum absolute atomic E-state index is 13.2. The van der Waals surface area contributed by atoms with Crippen LogP contribution < -0.4 is 4.90 Å². The number of benzene rings is 2. The molecule has 0 radical (unpaired) electrons. The number of carbonyl (C=O) groups excluding carboxylic acids is 1. The second-order valence-electron chi connectivity index (χ2n) is 6.60. The lowest BCUT2D eigenvalue weighted by atomic mass is 10.2. The Labute approximate surface area is 175 Å². The van der Waals surface area contributed by atoms with Crippen LogP contribution in [0.3, 0.4) is 0 Å². The molecule has 1 heterocycles. The van der Waals surface area contributed by atoms with Crippen LogP contribution in [0.25, 0.3) is 0 Å². The molecule has 0 aliphatic rings. The van der Waals surface area contributed by atoms with Crippen LogP contribution in [-0.2, 0) is 11.3 Å². The molecule has 0 saturated heterocycles. The average Bonchev–Trinajstić information content (AvgIpc) is 3.09. The summed E-state index contributed by atoms with van der Waals surface area (Å²) in [6.45, 7) is 4.79. The molecular weight excluding hydrogens is 382 g/mol. The second kappa shape index (κ2) is 9.89. The molecule has 7 heteroatoms. The summed E-state index contributed by atoms with van der Waals surface area (Å²) in [5.74, 6) is 0.753. The van der Waals surface area contributed by atoms with E-state index < -0.39 is 0 Å². The monoisotopic (exact) mass is 405 g/mol. The van der Waals surface area contributed by atoms with Crippen molar-refractivity contribution in [3.8, 4) is 6.07 Å². The van der Waals surface area contributed by atoms with Gasteiger partial charge in [0.05, 0.1) is 24.3 Å². The molecule has 0 aliphatic carbocycles. The molecule has 6 nitrogen and oxygen atoms in total. The molecule has 0 fully saturated rings. The molecular formula is C22H23N5OS. The number of nitrogens with zero attached hydrogens (tertiary/aromatic N) is 5. The number of para-hydroxylation sites is 1. The van der Waals surface area contributed by atoms with Gasteiger partial charge in [-0.05, 0) is 31.5 Å². The van der Waals surface area contributed by atoms with E-state index in [9.17, 15) is 4.79 Å². The van der Waals surface area contributed by atoms with E-state index in [2.05, 4.69) is 28.4 Å². The zero-order chi connectivity index (χ0) is 20.6. The zero-order valence-electron chi connectivity index (χ0n) is 16.5. The number of rotatable bonds is 8. The third-order valence-corrected chi connectivity index (χ3v) is 5.56. The van der Waals surface area contributed by atoms with Crippen molar-refractivity contribution in [1.82, 2.24) is 14.8 Å². The van der Waals surface area contributed by atoms with Gasteiger partial charge in [0.1, 0.15) is 5.82 Å². The van der Waals surface area contributed by atoms with Crippen molar-refractivity contribution in [2.75, 3.05) is 11.4 Å². The summed E-state index contributed by atoms with van der Waals surface area (Å²) >= 11 is 1.39. The molecule has 0 spiro atoms. The molecule has 1 amide bonds. The summed E-state index contributed by atoms with van der Waals surface area (Å²) in [5.41, 5.74) is 1.94. The number of anilines is 1.